The Bertz CT molecular complexity index is 649. The molecule has 0 spiro atoms. The van der Waals surface area contributed by atoms with Crippen molar-refractivity contribution in [3.63, 3.8) is 0 Å². The Kier molecular flexibility index (Phi) is 4.68. The highest BCUT2D eigenvalue weighted by Crippen LogP contribution is 2.18. The van der Waals surface area contributed by atoms with Gasteiger partial charge in [0.15, 0.2) is 17.4 Å². The first-order valence-corrected chi connectivity index (χ1v) is 6.63. The van der Waals surface area contributed by atoms with Crippen molar-refractivity contribution in [2.24, 2.45) is 0 Å². The molecule has 2 aromatic carbocycles. The standard InChI is InChI=1S/C17H16F2O2/c1-11-3-9-14(17(19)16(11)18)15(20)10-6-12-4-7-13(21-2)8-5-12/h3-5,7-9H,6,10H2,1-2H3. The van der Waals surface area contributed by atoms with E-state index in [0.29, 0.717) is 6.42 Å². The molecule has 0 atom stereocenters. The monoisotopic (exact) mass is 290 g/mol. The molecular weight excluding hydrogens is 274 g/mol. The molecule has 110 valence electrons. The normalized spacial score (nSPS) is 10.5. The van der Waals surface area contributed by atoms with Crippen LogP contribution in [0.3, 0.4) is 0 Å². The van der Waals surface area contributed by atoms with E-state index in [0.717, 1.165) is 11.3 Å². The molecule has 0 unspecified atom stereocenters. The summed E-state index contributed by atoms with van der Waals surface area (Å²) in [5.74, 6) is -1.68. The number of carbonyl (C=O) groups excluding carboxylic acids is 1. The number of hydrogen-bond acceptors (Lipinski definition) is 2. The van der Waals surface area contributed by atoms with Crippen LogP contribution >= 0.6 is 0 Å². The maximum Gasteiger partial charge on any atom is 0.169 e. The maximum atomic E-state index is 13.7. The summed E-state index contributed by atoms with van der Waals surface area (Å²) in [5, 5.41) is 0. The minimum atomic E-state index is -1.06. The number of rotatable bonds is 5. The molecule has 0 amide bonds. The molecule has 0 saturated heterocycles. The van der Waals surface area contributed by atoms with E-state index in [1.54, 1.807) is 19.2 Å². The summed E-state index contributed by atoms with van der Waals surface area (Å²) in [6.07, 6.45) is 0.601. The topological polar surface area (TPSA) is 26.3 Å². The van der Waals surface area contributed by atoms with Crippen LogP contribution in [0.4, 0.5) is 8.78 Å². The third-order valence-electron chi connectivity index (χ3n) is 3.38. The molecule has 0 aliphatic heterocycles. The molecule has 0 saturated carbocycles. The molecule has 0 fully saturated rings. The van der Waals surface area contributed by atoms with E-state index in [4.69, 9.17) is 4.74 Å². The zero-order valence-corrected chi connectivity index (χ0v) is 12.0. The molecule has 0 bridgehead atoms. The highest BCUT2D eigenvalue weighted by molar-refractivity contribution is 5.96. The van der Waals surface area contributed by atoms with Crippen molar-refractivity contribution in [3.8, 4) is 5.75 Å². The van der Waals surface area contributed by atoms with Gasteiger partial charge in [-0.05, 0) is 42.7 Å². The zero-order valence-electron chi connectivity index (χ0n) is 12.0. The van der Waals surface area contributed by atoms with Gasteiger partial charge in [-0.1, -0.05) is 18.2 Å². The molecule has 0 heterocycles. The smallest absolute Gasteiger partial charge is 0.169 e. The third kappa shape index (κ3) is 3.45. The number of hydrogen-bond donors (Lipinski definition) is 0. The molecule has 0 aliphatic carbocycles. The van der Waals surface area contributed by atoms with Gasteiger partial charge in [-0.15, -0.1) is 0 Å². The third-order valence-corrected chi connectivity index (χ3v) is 3.38. The predicted octanol–water partition coefficient (Wildman–Crippen LogP) is 4.10. The highest BCUT2D eigenvalue weighted by Gasteiger charge is 2.16. The molecule has 2 aromatic rings. The average molecular weight is 290 g/mol. The van der Waals surface area contributed by atoms with E-state index in [1.807, 2.05) is 12.1 Å². The highest BCUT2D eigenvalue weighted by atomic mass is 19.2. The van der Waals surface area contributed by atoms with Crippen LogP contribution in [0.5, 0.6) is 5.75 Å². The number of halogens is 2. The SMILES string of the molecule is COc1ccc(CCC(=O)c2ccc(C)c(F)c2F)cc1. The van der Waals surface area contributed by atoms with Crippen LogP contribution in [-0.4, -0.2) is 12.9 Å². The van der Waals surface area contributed by atoms with Gasteiger partial charge < -0.3 is 4.74 Å². The van der Waals surface area contributed by atoms with Crippen LogP contribution in [0.15, 0.2) is 36.4 Å². The van der Waals surface area contributed by atoms with Gasteiger partial charge in [-0.25, -0.2) is 8.78 Å². The Morgan fingerprint density at radius 2 is 1.71 bits per heavy atom. The van der Waals surface area contributed by atoms with Gasteiger partial charge in [0.05, 0.1) is 12.7 Å². The van der Waals surface area contributed by atoms with E-state index in [9.17, 15) is 13.6 Å². The lowest BCUT2D eigenvalue weighted by atomic mass is 10.0. The number of carbonyl (C=O) groups is 1. The number of methoxy groups -OCH3 is 1. The molecular formula is C17H16F2O2. The minimum absolute atomic E-state index is 0.131. The Hall–Kier alpha value is -2.23. The zero-order chi connectivity index (χ0) is 15.4. The molecule has 21 heavy (non-hydrogen) atoms. The van der Waals surface area contributed by atoms with Crippen molar-refractivity contribution in [2.75, 3.05) is 7.11 Å². The summed E-state index contributed by atoms with van der Waals surface area (Å²) in [4.78, 5) is 12.0. The molecule has 0 aliphatic rings. The summed E-state index contributed by atoms with van der Waals surface area (Å²) in [7, 11) is 1.58. The van der Waals surface area contributed by atoms with Gasteiger partial charge in [0.25, 0.3) is 0 Å². The number of ether oxygens (including phenoxy) is 1. The van der Waals surface area contributed by atoms with Crippen LogP contribution in [-0.2, 0) is 6.42 Å². The van der Waals surface area contributed by atoms with E-state index in [-0.39, 0.29) is 17.5 Å². The van der Waals surface area contributed by atoms with Gasteiger partial charge in [-0.3, -0.25) is 4.79 Å². The van der Waals surface area contributed by atoms with Crippen molar-refractivity contribution in [1.82, 2.24) is 0 Å². The van der Waals surface area contributed by atoms with Gasteiger partial charge >= 0.3 is 0 Å². The van der Waals surface area contributed by atoms with Crippen LogP contribution in [0.1, 0.15) is 27.9 Å². The molecule has 0 N–H and O–H groups in total. The summed E-state index contributed by atoms with van der Waals surface area (Å²) in [5.41, 5.74) is 0.947. The van der Waals surface area contributed by atoms with Gasteiger partial charge in [0.1, 0.15) is 5.75 Å². The van der Waals surface area contributed by atoms with Gasteiger partial charge in [0, 0.05) is 6.42 Å². The van der Waals surface area contributed by atoms with Crippen LogP contribution in [0.25, 0.3) is 0 Å². The fourth-order valence-electron chi connectivity index (χ4n) is 2.05. The lowest BCUT2D eigenvalue weighted by molar-refractivity contribution is 0.0978. The minimum Gasteiger partial charge on any atom is -0.497 e. The average Bonchev–Trinajstić information content (AvgIpc) is 2.51. The van der Waals surface area contributed by atoms with Gasteiger partial charge in [0.2, 0.25) is 0 Å². The Balaban J connectivity index is 2.06. The summed E-state index contributed by atoms with van der Waals surface area (Å²) in [6, 6.07) is 10.0. The fraction of sp³-hybridized carbons (Fsp3) is 0.235. The molecule has 0 radical (unpaired) electrons. The maximum absolute atomic E-state index is 13.7. The van der Waals surface area contributed by atoms with Crippen molar-refractivity contribution in [1.29, 1.82) is 0 Å². The first-order valence-electron chi connectivity index (χ1n) is 6.63. The van der Waals surface area contributed by atoms with E-state index in [2.05, 4.69) is 0 Å². The Morgan fingerprint density at radius 1 is 1.05 bits per heavy atom. The Labute approximate surface area is 122 Å². The molecule has 2 rings (SSSR count). The number of benzene rings is 2. The number of ketones is 1. The molecule has 4 heteroatoms. The van der Waals surface area contributed by atoms with E-state index >= 15 is 0 Å². The number of aryl methyl sites for hydroxylation is 2. The second kappa shape index (κ2) is 6.48. The van der Waals surface area contributed by atoms with Crippen molar-refractivity contribution >= 4 is 5.78 Å². The lowest BCUT2D eigenvalue weighted by Gasteiger charge is -2.06. The predicted molar refractivity (Wildman–Crippen MR) is 76.7 cm³/mol. The lowest BCUT2D eigenvalue weighted by Crippen LogP contribution is -2.06. The summed E-state index contributed by atoms with van der Waals surface area (Å²) < 4.78 is 32.2. The Morgan fingerprint density at radius 3 is 2.33 bits per heavy atom. The van der Waals surface area contributed by atoms with Crippen molar-refractivity contribution < 1.29 is 18.3 Å². The first-order chi connectivity index (χ1) is 10.0. The van der Waals surface area contributed by atoms with Crippen molar-refractivity contribution in [3.05, 3.63) is 64.7 Å². The largest absolute Gasteiger partial charge is 0.497 e. The quantitative estimate of drug-likeness (QED) is 0.775. The summed E-state index contributed by atoms with van der Waals surface area (Å²) in [6.45, 7) is 1.46. The van der Waals surface area contributed by atoms with E-state index in [1.165, 1.54) is 19.1 Å². The first kappa shape index (κ1) is 15.2. The van der Waals surface area contributed by atoms with E-state index < -0.39 is 17.4 Å². The fourth-order valence-corrected chi connectivity index (χ4v) is 2.05. The molecule has 0 aromatic heterocycles. The van der Waals surface area contributed by atoms with Gasteiger partial charge in [-0.2, -0.15) is 0 Å². The number of Topliss-reactive ketones (excluding diaryl/α,β-unsaturated/α-hetero) is 1. The van der Waals surface area contributed by atoms with Crippen LogP contribution < -0.4 is 4.74 Å². The molecule has 2 nitrogen and oxygen atoms in total. The van der Waals surface area contributed by atoms with Crippen LogP contribution in [0, 0.1) is 18.6 Å². The second-order valence-electron chi connectivity index (χ2n) is 4.83. The second-order valence-corrected chi connectivity index (χ2v) is 4.83. The van der Waals surface area contributed by atoms with Crippen molar-refractivity contribution in [2.45, 2.75) is 19.8 Å². The van der Waals surface area contributed by atoms with Crippen LogP contribution in [0.2, 0.25) is 0 Å². The summed E-state index contributed by atoms with van der Waals surface area (Å²) >= 11 is 0.